The number of quaternary nitrogens is 1. The highest BCUT2D eigenvalue weighted by Crippen LogP contribution is 2.34. The van der Waals surface area contributed by atoms with Crippen LogP contribution in [0, 0.1) is 0 Å². The summed E-state index contributed by atoms with van der Waals surface area (Å²) in [5.74, 6) is 0. The van der Waals surface area contributed by atoms with Gasteiger partial charge in [0, 0.05) is 11.3 Å². The molecule has 0 radical (unpaired) electrons. The summed E-state index contributed by atoms with van der Waals surface area (Å²) in [6, 6.07) is 14.9. The van der Waals surface area contributed by atoms with Crippen LogP contribution in [0.5, 0.6) is 0 Å². The van der Waals surface area contributed by atoms with Crippen LogP contribution in [0.15, 0.2) is 54.6 Å². The van der Waals surface area contributed by atoms with Gasteiger partial charge in [0.05, 0.1) is 18.7 Å². The van der Waals surface area contributed by atoms with E-state index in [1.165, 1.54) is 16.5 Å². The van der Waals surface area contributed by atoms with Crippen molar-refractivity contribution >= 4 is 11.7 Å². The quantitative estimate of drug-likeness (QED) is 0.653. The molecule has 0 aromatic heterocycles. The standard InChI is InChI=1S/C22H25F3N3O/c23-22(24,25)19-10-7-11-20(16-19)26-12-13-27(21(26)29)28(14-5-2-6-15-28)17-18-8-3-1-4-9-18/h1,3-4,7-11,16H,2,5-6,12-15,17H2/q+1. The number of carbonyl (C=O) groups excluding carboxylic acids is 1. The molecule has 2 aromatic rings. The first-order chi connectivity index (χ1) is 13.9. The number of rotatable bonds is 4. The average molecular weight is 404 g/mol. The summed E-state index contributed by atoms with van der Waals surface area (Å²) in [5.41, 5.74) is 0.745. The molecule has 0 bridgehead atoms. The van der Waals surface area contributed by atoms with E-state index in [0.717, 1.165) is 51.0 Å². The van der Waals surface area contributed by atoms with Gasteiger partial charge in [0.2, 0.25) is 0 Å². The maximum atomic E-state index is 13.3. The number of piperidine rings is 1. The zero-order chi connectivity index (χ0) is 20.5. The van der Waals surface area contributed by atoms with Crippen molar-refractivity contribution in [1.29, 1.82) is 0 Å². The molecule has 2 heterocycles. The molecule has 2 amide bonds. The second-order valence-electron chi connectivity index (χ2n) is 7.85. The smallest absolute Gasteiger partial charge is 0.289 e. The highest BCUT2D eigenvalue weighted by molar-refractivity contribution is 5.93. The Morgan fingerprint density at radius 1 is 0.897 bits per heavy atom. The predicted molar refractivity (Wildman–Crippen MR) is 105 cm³/mol. The predicted octanol–water partition coefficient (Wildman–Crippen LogP) is 5.06. The minimum Gasteiger partial charge on any atom is -0.289 e. The molecular formula is C22H25F3N3O+. The maximum Gasteiger partial charge on any atom is 0.416 e. The number of hydrogen-bond donors (Lipinski definition) is 0. The van der Waals surface area contributed by atoms with Crippen LogP contribution >= 0.6 is 0 Å². The average Bonchev–Trinajstić information content (AvgIpc) is 3.11. The van der Waals surface area contributed by atoms with Crippen LogP contribution in [-0.2, 0) is 12.7 Å². The van der Waals surface area contributed by atoms with Crippen molar-refractivity contribution in [3.8, 4) is 0 Å². The number of halogens is 3. The van der Waals surface area contributed by atoms with Gasteiger partial charge in [-0.1, -0.05) is 36.4 Å². The molecular weight excluding hydrogens is 379 g/mol. The number of amides is 2. The highest BCUT2D eigenvalue weighted by atomic mass is 19.4. The van der Waals surface area contributed by atoms with Crippen molar-refractivity contribution < 1.29 is 22.6 Å². The number of hydrogen-bond acceptors (Lipinski definition) is 1. The molecule has 29 heavy (non-hydrogen) atoms. The van der Waals surface area contributed by atoms with Gasteiger partial charge in [-0.3, -0.25) is 4.90 Å². The van der Waals surface area contributed by atoms with E-state index in [2.05, 4.69) is 12.1 Å². The molecule has 2 aromatic carbocycles. The number of likely N-dealkylation sites (tertiary alicyclic amines) is 1. The fourth-order valence-electron chi connectivity index (χ4n) is 4.52. The lowest BCUT2D eigenvalue weighted by Crippen LogP contribution is -2.63. The SMILES string of the molecule is O=C1N(c2cccc(C(F)(F)F)c2)CCN1[N+]1(Cc2ccccc2)CCCCC1. The molecule has 0 unspecified atom stereocenters. The first-order valence-electron chi connectivity index (χ1n) is 10.1. The molecule has 2 fully saturated rings. The van der Waals surface area contributed by atoms with Crippen LogP contribution in [0.4, 0.5) is 23.7 Å². The van der Waals surface area contributed by atoms with Gasteiger partial charge in [-0.2, -0.15) is 18.2 Å². The fraction of sp³-hybridized carbons (Fsp3) is 0.409. The second kappa shape index (κ2) is 7.71. The summed E-state index contributed by atoms with van der Waals surface area (Å²) < 4.78 is 39.9. The van der Waals surface area contributed by atoms with Crippen LogP contribution in [0.2, 0.25) is 0 Å². The first-order valence-corrected chi connectivity index (χ1v) is 10.1. The third kappa shape index (κ3) is 3.96. The van der Waals surface area contributed by atoms with E-state index in [0.29, 0.717) is 23.4 Å². The molecule has 0 N–H and O–H groups in total. The summed E-state index contributed by atoms with van der Waals surface area (Å²) in [5, 5.41) is 1.87. The summed E-state index contributed by atoms with van der Waals surface area (Å²) in [4.78, 5) is 14.8. The van der Waals surface area contributed by atoms with Gasteiger partial charge in [0.1, 0.15) is 19.6 Å². The van der Waals surface area contributed by atoms with Crippen molar-refractivity contribution in [1.82, 2.24) is 5.01 Å². The van der Waals surface area contributed by atoms with Crippen LogP contribution in [0.1, 0.15) is 30.4 Å². The molecule has 4 nitrogen and oxygen atoms in total. The zero-order valence-corrected chi connectivity index (χ0v) is 16.2. The Kier molecular flexibility index (Phi) is 5.25. The van der Waals surface area contributed by atoms with Crippen LogP contribution in [0.3, 0.4) is 0 Å². The van der Waals surface area contributed by atoms with Crippen molar-refractivity contribution in [2.45, 2.75) is 32.0 Å². The van der Waals surface area contributed by atoms with Crippen LogP contribution in [-0.4, -0.2) is 41.8 Å². The fourth-order valence-corrected chi connectivity index (χ4v) is 4.52. The highest BCUT2D eigenvalue weighted by Gasteiger charge is 2.46. The lowest BCUT2D eigenvalue weighted by molar-refractivity contribution is -1.04. The first kappa shape index (κ1) is 19.8. The molecule has 154 valence electrons. The molecule has 0 saturated carbocycles. The Labute approximate surface area is 168 Å². The van der Waals surface area contributed by atoms with Crippen LogP contribution < -0.4 is 4.90 Å². The van der Waals surface area contributed by atoms with Gasteiger partial charge >= 0.3 is 12.2 Å². The third-order valence-corrected chi connectivity index (χ3v) is 5.95. The van der Waals surface area contributed by atoms with Crippen LogP contribution in [0.25, 0.3) is 0 Å². The van der Waals surface area contributed by atoms with Gasteiger partial charge in [-0.25, -0.2) is 9.39 Å². The molecule has 0 atom stereocenters. The van der Waals surface area contributed by atoms with E-state index < -0.39 is 11.7 Å². The molecule has 2 saturated heterocycles. The van der Waals surface area contributed by atoms with Crippen molar-refractivity contribution in [2.24, 2.45) is 0 Å². The van der Waals surface area contributed by atoms with E-state index in [1.807, 2.05) is 23.2 Å². The van der Waals surface area contributed by atoms with E-state index >= 15 is 0 Å². The van der Waals surface area contributed by atoms with E-state index in [4.69, 9.17) is 0 Å². The lowest BCUT2D eigenvalue weighted by Gasteiger charge is -2.45. The Hall–Kier alpha value is -2.54. The largest absolute Gasteiger partial charge is 0.416 e. The molecule has 4 rings (SSSR count). The Balaban J connectivity index is 1.61. The minimum absolute atomic E-state index is 0.206. The zero-order valence-electron chi connectivity index (χ0n) is 16.2. The molecule has 2 aliphatic rings. The minimum atomic E-state index is -4.42. The van der Waals surface area contributed by atoms with Gasteiger partial charge in [0.15, 0.2) is 0 Å². The summed E-state index contributed by atoms with van der Waals surface area (Å²) in [6.45, 7) is 3.38. The van der Waals surface area contributed by atoms with Crippen molar-refractivity contribution in [3.05, 3.63) is 65.7 Å². The van der Waals surface area contributed by atoms with Gasteiger partial charge in [-0.05, 0) is 37.5 Å². The number of alkyl halides is 3. The topological polar surface area (TPSA) is 23.6 Å². The van der Waals surface area contributed by atoms with Gasteiger partial charge in [0.25, 0.3) is 0 Å². The van der Waals surface area contributed by atoms with Crippen molar-refractivity contribution in [3.63, 3.8) is 0 Å². The Morgan fingerprint density at radius 3 is 2.31 bits per heavy atom. The number of urea groups is 1. The number of benzene rings is 2. The van der Waals surface area contributed by atoms with E-state index in [-0.39, 0.29) is 6.03 Å². The summed E-state index contributed by atoms with van der Waals surface area (Å²) >= 11 is 0. The van der Waals surface area contributed by atoms with Crippen molar-refractivity contribution in [2.75, 3.05) is 31.1 Å². The normalized spacial score (nSPS) is 19.6. The van der Waals surface area contributed by atoms with Gasteiger partial charge < -0.3 is 0 Å². The number of carbonyl (C=O) groups is 1. The lowest BCUT2D eigenvalue weighted by atomic mass is 10.1. The molecule has 2 aliphatic heterocycles. The summed E-state index contributed by atoms with van der Waals surface area (Å²) in [7, 11) is 0. The molecule has 0 aliphatic carbocycles. The molecule has 7 heteroatoms. The monoisotopic (exact) mass is 404 g/mol. The van der Waals surface area contributed by atoms with Gasteiger partial charge in [-0.15, -0.1) is 0 Å². The summed E-state index contributed by atoms with van der Waals surface area (Å²) in [6.07, 6.45) is -1.19. The number of anilines is 1. The second-order valence-corrected chi connectivity index (χ2v) is 7.85. The maximum absolute atomic E-state index is 13.3. The Bertz CT molecular complexity index is 863. The third-order valence-electron chi connectivity index (χ3n) is 5.95. The Morgan fingerprint density at radius 2 is 1.62 bits per heavy atom. The number of nitrogens with zero attached hydrogens (tertiary/aromatic N) is 3. The molecule has 0 spiro atoms. The van der Waals surface area contributed by atoms with E-state index in [9.17, 15) is 18.0 Å². The van der Waals surface area contributed by atoms with E-state index in [1.54, 1.807) is 6.07 Å².